The molecule has 0 aromatic heterocycles. The molecule has 0 spiro atoms. The zero-order valence-electron chi connectivity index (χ0n) is 13.2. The molecule has 1 aliphatic rings. The number of carboxylic acids is 1. The summed E-state index contributed by atoms with van der Waals surface area (Å²) in [4.78, 5) is 13.9. The van der Waals surface area contributed by atoms with Crippen LogP contribution in [0.3, 0.4) is 0 Å². The van der Waals surface area contributed by atoms with Crippen molar-refractivity contribution < 1.29 is 14.6 Å². The fraction of sp³-hybridized carbons (Fsp3) is 0.316. The van der Waals surface area contributed by atoms with E-state index in [1.165, 1.54) is 5.56 Å². The van der Waals surface area contributed by atoms with E-state index in [1.807, 2.05) is 42.5 Å². The molecule has 0 aliphatic carbocycles. The normalized spacial score (nSPS) is 21.3. The molecule has 2 atom stereocenters. The van der Waals surface area contributed by atoms with Gasteiger partial charge < -0.3 is 9.84 Å². The molecular weight excluding hydrogens is 290 g/mol. The number of hydrogen-bond donors (Lipinski definition) is 1. The van der Waals surface area contributed by atoms with Crippen LogP contribution < -0.4 is 4.74 Å². The van der Waals surface area contributed by atoms with Crippen LogP contribution in [0, 0.1) is 5.92 Å². The third-order valence-corrected chi connectivity index (χ3v) is 4.51. The zero-order valence-corrected chi connectivity index (χ0v) is 13.2. The topological polar surface area (TPSA) is 49.8 Å². The van der Waals surface area contributed by atoms with Crippen molar-refractivity contribution in [1.82, 2.24) is 4.90 Å². The summed E-state index contributed by atoms with van der Waals surface area (Å²) in [5, 5.41) is 9.58. The van der Waals surface area contributed by atoms with Gasteiger partial charge in [-0.05, 0) is 23.3 Å². The number of benzene rings is 2. The highest BCUT2D eigenvalue weighted by molar-refractivity contribution is 5.72. The Balaban J connectivity index is 1.76. The maximum absolute atomic E-state index is 11.7. The molecule has 4 heteroatoms. The lowest BCUT2D eigenvalue weighted by Crippen LogP contribution is -2.23. The molecule has 1 fully saturated rings. The quantitative estimate of drug-likeness (QED) is 0.922. The molecule has 23 heavy (non-hydrogen) atoms. The van der Waals surface area contributed by atoms with Crippen molar-refractivity contribution in [2.45, 2.75) is 12.5 Å². The summed E-state index contributed by atoms with van der Waals surface area (Å²) in [6.07, 6.45) is 0. The summed E-state index contributed by atoms with van der Waals surface area (Å²) >= 11 is 0. The highest BCUT2D eigenvalue weighted by Crippen LogP contribution is 2.34. The monoisotopic (exact) mass is 311 g/mol. The number of aliphatic carboxylic acids is 1. The standard InChI is InChI=1S/C19H21NO3/c1-23-16-9-7-15(8-10-16)17-12-20(13-18(17)19(21)22)11-14-5-3-2-4-6-14/h2-10,17-18H,11-13H2,1H3,(H,21,22)/t17-,18+/m0/s1. The number of methoxy groups -OCH3 is 1. The van der Waals surface area contributed by atoms with E-state index in [0.717, 1.165) is 24.4 Å². The minimum Gasteiger partial charge on any atom is -0.497 e. The number of likely N-dealkylation sites (tertiary alicyclic amines) is 1. The Morgan fingerprint density at radius 2 is 1.83 bits per heavy atom. The van der Waals surface area contributed by atoms with E-state index in [4.69, 9.17) is 4.74 Å². The minimum absolute atomic E-state index is 0.0159. The molecule has 0 saturated carbocycles. The highest BCUT2D eigenvalue weighted by Gasteiger charge is 2.38. The molecule has 0 unspecified atom stereocenters. The predicted octanol–water partition coefficient (Wildman–Crippen LogP) is 3.00. The van der Waals surface area contributed by atoms with Crippen molar-refractivity contribution in [3.63, 3.8) is 0 Å². The van der Waals surface area contributed by atoms with Gasteiger partial charge in [-0.15, -0.1) is 0 Å². The van der Waals surface area contributed by atoms with Crippen LogP contribution in [-0.2, 0) is 11.3 Å². The summed E-state index contributed by atoms with van der Waals surface area (Å²) in [6, 6.07) is 17.9. The number of ether oxygens (including phenoxy) is 1. The first kappa shape index (κ1) is 15.6. The Hall–Kier alpha value is -2.33. The van der Waals surface area contributed by atoms with Crippen molar-refractivity contribution in [1.29, 1.82) is 0 Å². The molecule has 2 aromatic carbocycles. The van der Waals surface area contributed by atoms with Gasteiger partial charge in [0, 0.05) is 25.6 Å². The first-order valence-corrected chi connectivity index (χ1v) is 7.80. The van der Waals surface area contributed by atoms with Gasteiger partial charge in [-0.2, -0.15) is 0 Å². The van der Waals surface area contributed by atoms with Crippen LogP contribution in [0.2, 0.25) is 0 Å². The molecule has 1 heterocycles. The molecule has 1 saturated heterocycles. The second-order valence-electron chi connectivity index (χ2n) is 6.00. The number of rotatable bonds is 5. The lowest BCUT2D eigenvalue weighted by molar-refractivity contribution is -0.141. The molecule has 1 aliphatic heterocycles. The summed E-state index contributed by atoms with van der Waals surface area (Å²) < 4.78 is 5.18. The van der Waals surface area contributed by atoms with Gasteiger partial charge in [0.05, 0.1) is 13.0 Å². The van der Waals surface area contributed by atoms with Gasteiger partial charge in [0.2, 0.25) is 0 Å². The molecule has 0 amide bonds. The second kappa shape index (κ2) is 6.84. The highest BCUT2D eigenvalue weighted by atomic mass is 16.5. The lowest BCUT2D eigenvalue weighted by atomic mass is 9.89. The smallest absolute Gasteiger partial charge is 0.308 e. The van der Waals surface area contributed by atoms with E-state index in [-0.39, 0.29) is 11.8 Å². The van der Waals surface area contributed by atoms with E-state index >= 15 is 0 Å². The van der Waals surface area contributed by atoms with Crippen molar-refractivity contribution in [2.75, 3.05) is 20.2 Å². The zero-order chi connectivity index (χ0) is 16.2. The molecular formula is C19H21NO3. The molecule has 0 radical (unpaired) electrons. The van der Waals surface area contributed by atoms with E-state index in [9.17, 15) is 9.90 Å². The van der Waals surface area contributed by atoms with Crippen molar-refractivity contribution in [2.24, 2.45) is 5.92 Å². The van der Waals surface area contributed by atoms with Crippen LogP contribution in [0.1, 0.15) is 17.0 Å². The molecule has 3 rings (SSSR count). The predicted molar refractivity (Wildman–Crippen MR) is 88.6 cm³/mol. The first-order chi connectivity index (χ1) is 11.2. The van der Waals surface area contributed by atoms with E-state index in [2.05, 4.69) is 17.0 Å². The van der Waals surface area contributed by atoms with Crippen molar-refractivity contribution >= 4 is 5.97 Å². The Morgan fingerprint density at radius 3 is 2.43 bits per heavy atom. The largest absolute Gasteiger partial charge is 0.497 e. The number of carbonyl (C=O) groups is 1. The Morgan fingerprint density at radius 1 is 1.13 bits per heavy atom. The van der Waals surface area contributed by atoms with Gasteiger partial charge in [0.1, 0.15) is 5.75 Å². The minimum atomic E-state index is -0.721. The molecule has 0 bridgehead atoms. The third kappa shape index (κ3) is 3.54. The average Bonchev–Trinajstić information content (AvgIpc) is 3.00. The summed E-state index contributed by atoms with van der Waals surface area (Å²) in [5.74, 6) is -0.282. The Kier molecular flexibility index (Phi) is 4.63. The van der Waals surface area contributed by atoms with Gasteiger partial charge >= 0.3 is 5.97 Å². The van der Waals surface area contributed by atoms with Crippen LogP contribution >= 0.6 is 0 Å². The lowest BCUT2D eigenvalue weighted by Gasteiger charge is -2.16. The molecule has 1 N–H and O–H groups in total. The summed E-state index contributed by atoms with van der Waals surface area (Å²) in [7, 11) is 1.63. The third-order valence-electron chi connectivity index (χ3n) is 4.51. The van der Waals surface area contributed by atoms with Crippen LogP contribution in [0.5, 0.6) is 5.75 Å². The fourth-order valence-corrected chi connectivity index (χ4v) is 3.30. The van der Waals surface area contributed by atoms with E-state index < -0.39 is 5.97 Å². The van der Waals surface area contributed by atoms with Crippen LogP contribution in [-0.4, -0.2) is 36.2 Å². The second-order valence-corrected chi connectivity index (χ2v) is 6.00. The van der Waals surface area contributed by atoms with Crippen LogP contribution in [0.4, 0.5) is 0 Å². The Bertz CT molecular complexity index is 654. The fourth-order valence-electron chi connectivity index (χ4n) is 3.30. The van der Waals surface area contributed by atoms with Crippen molar-refractivity contribution in [3.8, 4) is 5.75 Å². The van der Waals surface area contributed by atoms with E-state index in [1.54, 1.807) is 7.11 Å². The first-order valence-electron chi connectivity index (χ1n) is 7.80. The molecule has 4 nitrogen and oxygen atoms in total. The number of carboxylic acid groups (broad SMARTS) is 1. The average molecular weight is 311 g/mol. The van der Waals surface area contributed by atoms with Crippen LogP contribution in [0.15, 0.2) is 54.6 Å². The van der Waals surface area contributed by atoms with Gasteiger partial charge in [0.25, 0.3) is 0 Å². The van der Waals surface area contributed by atoms with E-state index in [0.29, 0.717) is 6.54 Å². The number of nitrogens with zero attached hydrogens (tertiary/aromatic N) is 1. The van der Waals surface area contributed by atoms with Crippen LogP contribution in [0.25, 0.3) is 0 Å². The van der Waals surface area contributed by atoms with Gasteiger partial charge in [0.15, 0.2) is 0 Å². The Labute approximate surface area is 136 Å². The van der Waals surface area contributed by atoms with Gasteiger partial charge in [-0.25, -0.2) is 0 Å². The maximum Gasteiger partial charge on any atom is 0.308 e. The van der Waals surface area contributed by atoms with Gasteiger partial charge in [-0.3, -0.25) is 9.69 Å². The van der Waals surface area contributed by atoms with Gasteiger partial charge in [-0.1, -0.05) is 42.5 Å². The SMILES string of the molecule is COc1ccc([C@@H]2CN(Cc3ccccc3)C[C@H]2C(=O)O)cc1. The maximum atomic E-state index is 11.7. The van der Waals surface area contributed by atoms with Crippen molar-refractivity contribution in [3.05, 3.63) is 65.7 Å². The summed E-state index contributed by atoms with van der Waals surface area (Å²) in [5.41, 5.74) is 2.28. The number of hydrogen-bond acceptors (Lipinski definition) is 3. The molecule has 120 valence electrons. The molecule has 2 aromatic rings. The summed E-state index contributed by atoms with van der Waals surface area (Å²) in [6.45, 7) is 2.14.